The Labute approximate surface area is 129 Å². The molecular formula is C16H22N4O2. The van der Waals surface area contributed by atoms with E-state index in [4.69, 9.17) is 4.74 Å². The van der Waals surface area contributed by atoms with Crippen molar-refractivity contribution in [1.29, 1.82) is 0 Å². The van der Waals surface area contributed by atoms with Crippen molar-refractivity contribution < 1.29 is 4.74 Å². The molecule has 0 bridgehead atoms. The van der Waals surface area contributed by atoms with Crippen LogP contribution in [-0.4, -0.2) is 32.4 Å². The summed E-state index contributed by atoms with van der Waals surface area (Å²) < 4.78 is 8.91. The number of hydrogen-bond donors (Lipinski definition) is 0. The minimum Gasteiger partial charge on any atom is -0.381 e. The van der Waals surface area contributed by atoms with Crippen molar-refractivity contribution in [3.8, 4) is 0 Å². The normalized spacial score (nSPS) is 20.9. The SMILES string of the molecule is O=c1c2cnc(C3CCOCC3)n2ncn1CC1CCCC1. The molecule has 2 fully saturated rings. The molecule has 4 rings (SSSR count). The molecule has 6 nitrogen and oxygen atoms in total. The van der Waals surface area contributed by atoms with Crippen molar-refractivity contribution in [3.05, 3.63) is 28.7 Å². The smallest absolute Gasteiger partial charge is 0.279 e. The Bertz CT molecular complexity index is 708. The Morgan fingerprint density at radius 1 is 1.18 bits per heavy atom. The summed E-state index contributed by atoms with van der Waals surface area (Å²) in [6, 6.07) is 0. The molecule has 1 saturated heterocycles. The van der Waals surface area contributed by atoms with Crippen LogP contribution in [0.15, 0.2) is 17.3 Å². The second-order valence-corrected chi connectivity index (χ2v) is 6.54. The third-order valence-corrected chi connectivity index (χ3v) is 5.07. The third kappa shape index (κ3) is 2.45. The maximum absolute atomic E-state index is 12.6. The Balaban J connectivity index is 1.66. The molecule has 118 valence electrons. The van der Waals surface area contributed by atoms with E-state index in [9.17, 15) is 4.79 Å². The van der Waals surface area contributed by atoms with Gasteiger partial charge in [-0.3, -0.25) is 9.36 Å². The number of ether oxygens (including phenoxy) is 1. The monoisotopic (exact) mass is 302 g/mol. The summed E-state index contributed by atoms with van der Waals surface area (Å²) in [5.41, 5.74) is 0.634. The maximum atomic E-state index is 12.6. The maximum Gasteiger partial charge on any atom is 0.279 e. The zero-order valence-corrected chi connectivity index (χ0v) is 12.8. The van der Waals surface area contributed by atoms with Crippen LogP contribution >= 0.6 is 0 Å². The van der Waals surface area contributed by atoms with E-state index in [1.54, 1.807) is 21.6 Å². The summed E-state index contributed by atoms with van der Waals surface area (Å²) >= 11 is 0. The third-order valence-electron chi connectivity index (χ3n) is 5.07. The fraction of sp³-hybridized carbons (Fsp3) is 0.688. The summed E-state index contributed by atoms with van der Waals surface area (Å²) in [5, 5.41) is 4.50. The molecule has 0 radical (unpaired) electrons. The van der Waals surface area contributed by atoms with Gasteiger partial charge in [-0.1, -0.05) is 12.8 Å². The molecule has 2 aliphatic rings. The molecule has 2 aromatic heterocycles. The van der Waals surface area contributed by atoms with Gasteiger partial charge in [-0.15, -0.1) is 0 Å². The summed E-state index contributed by atoms with van der Waals surface area (Å²) in [5.74, 6) is 1.87. The molecule has 0 spiro atoms. The number of aromatic nitrogens is 4. The van der Waals surface area contributed by atoms with E-state index >= 15 is 0 Å². The van der Waals surface area contributed by atoms with Crippen LogP contribution in [0.1, 0.15) is 50.3 Å². The van der Waals surface area contributed by atoms with Crippen LogP contribution in [0.3, 0.4) is 0 Å². The van der Waals surface area contributed by atoms with Gasteiger partial charge < -0.3 is 4.74 Å². The lowest BCUT2D eigenvalue weighted by Crippen LogP contribution is -2.26. The van der Waals surface area contributed by atoms with Gasteiger partial charge in [0.15, 0.2) is 5.52 Å². The molecule has 0 atom stereocenters. The lowest BCUT2D eigenvalue weighted by Gasteiger charge is -2.20. The molecule has 0 unspecified atom stereocenters. The van der Waals surface area contributed by atoms with Gasteiger partial charge in [0.25, 0.3) is 5.56 Å². The highest BCUT2D eigenvalue weighted by Crippen LogP contribution is 2.27. The Morgan fingerprint density at radius 3 is 2.73 bits per heavy atom. The fourth-order valence-electron chi connectivity index (χ4n) is 3.78. The van der Waals surface area contributed by atoms with Gasteiger partial charge in [-0.2, -0.15) is 5.10 Å². The van der Waals surface area contributed by atoms with Gasteiger partial charge in [-0.25, -0.2) is 9.50 Å². The van der Waals surface area contributed by atoms with Gasteiger partial charge in [0.1, 0.15) is 12.2 Å². The lowest BCUT2D eigenvalue weighted by atomic mass is 10.00. The molecule has 3 heterocycles. The number of hydrogen-bond acceptors (Lipinski definition) is 4. The average Bonchev–Trinajstić information content (AvgIpc) is 3.21. The van der Waals surface area contributed by atoms with Crippen molar-refractivity contribution >= 4 is 5.52 Å². The van der Waals surface area contributed by atoms with Gasteiger partial charge in [0.05, 0.1) is 6.20 Å². The molecule has 2 aromatic rings. The second-order valence-electron chi connectivity index (χ2n) is 6.54. The van der Waals surface area contributed by atoms with Crippen molar-refractivity contribution in [3.63, 3.8) is 0 Å². The zero-order chi connectivity index (χ0) is 14.9. The van der Waals surface area contributed by atoms with Crippen LogP contribution in [0.2, 0.25) is 0 Å². The molecular weight excluding hydrogens is 280 g/mol. The fourth-order valence-corrected chi connectivity index (χ4v) is 3.78. The molecule has 1 aliphatic carbocycles. The van der Waals surface area contributed by atoms with E-state index in [1.165, 1.54) is 25.7 Å². The molecule has 22 heavy (non-hydrogen) atoms. The number of imidazole rings is 1. The van der Waals surface area contributed by atoms with Crippen LogP contribution in [0, 0.1) is 5.92 Å². The second kappa shape index (κ2) is 5.83. The first-order valence-electron chi connectivity index (χ1n) is 8.34. The van der Waals surface area contributed by atoms with Crippen LogP contribution in [0.25, 0.3) is 5.52 Å². The largest absolute Gasteiger partial charge is 0.381 e. The van der Waals surface area contributed by atoms with Crippen LogP contribution < -0.4 is 5.56 Å². The molecule has 0 N–H and O–H groups in total. The van der Waals surface area contributed by atoms with E-state index in [0.29, 0.717) is 17.4 Å². The van der Waals surface area contributed by atoms with Gasteiger partial charge in [0, 0.05) is 25.7 Å². The lowest BCUT2D eigenvalue weighted by molar-refractivity contribution is 0.0832. The quantitative estimate of drug-likeness (QED) is 0.870. The highest BCUT2D eigenvalue weighted by atomic mass is 16.5. The number of nitrogens with zero attached hydrogens (tertiary/aromatic N) is 4. The minimum atomic E-state index is 0.0349. The van der Waals surface area contributed by atoms with Gasteiger partial charge >= 0.3 is 0 Å². The van der Waals surface area contributed by atoms with E-state index < -0.39 is 0 Å². The Kier molecular flexibility index (Phi) is 3.70. The standard InChI is InChI=1S/C16H22N4O2/c21-16-14-9-17-15(13-5-7-22-8-6-13)20(14)18-11-19(16)10-12-3-1-2-4-12/h9,11-13H,1-8,10H2. The van der Waals surface area contributed by atoms with Crippen molar-refractivity contribution in [2.45, 2.75) is 51.0 Å². The van der Waals surface area contributed by atoms with Crippen molar-refractivity contribution in [2.75, 3.05) is 13.2 Å². The predicted molar refractivity (Wildman–Crippen MR) is 82.0 cm³/mol. The first-order valence-corrected chi connectivity index (χ1v) is 8.34. The summed E-state index contributed by atoms with van der Waals surface area (Å²) in [6.07, 6.45) is 10.3. The molecule has 1 aliphatic heterocycles. The minimum absolute atomic E-state index is 0.0349. The molecule has 0 aromatic carbocycles. The van der Waals surface area contributed by atoms with Crippen molar-refractivity contribution in [2.24, 2.45) is 5.92 Å². The van der Waals surface area contributed by atoms with Crippen LogP contribution in [-0.2, 0) is 11.3 Å². The molecule has 1 saturated carbocycles. The summed E-state index contributed by atoms with van der Waals surface area (Å²) in [7, 11) is 0. The average molecular weight is 302 g/mol. The summed E-state index contributed by atoms with van der Waals surface area (Å²) in [6.45, 7) is 2.32. The predicted octanol–water partition coefficient (Wildman–Crippen LogP) is 1.98. The van der Waals surface area contributed by atoms with E-state index in [1.807, 2.05) is 0 Å². The number of rotatable bonds is 3. The first-order chi connectivity index (χ1) is 10.8. The van der Waals surface area contributed by atoms with Crippen LogP contribution in [0.4, 0.5) is 0 Å². The number of fused-ring (bicyclic) bond motifs is 1. The first kappa shape index (κ1) is 13.9. The topological polar surface area (TPSA) is 61.4 Å². The zero-order valence-electron chi connectivity index (χ0n) is 12.8. The highest BCUT2D eigenvalue weighted by molar-refractivity contribution is 5.42. The van der Waals surface area contributed by atoms with Crippen molar-refractivity contribution in [1.82, 2.24) is 19.2 Å². The highest BCUT2D eigenvalue weighted by Gasteiger charge is 2.23. The van der Waals surface area contributed by atoms with Gasteiger partial charge in [0.2, 0.25) is 0 Å². The molecule has 6 heteroatoms. The summed E-state index contributed by atoms with van der Waals surface area (Å²) in [4.78, 5) is 17.1. The van der Waals surface area contributed by atoms with E-state index in [2.05, 4.69) is 10.1 Å². The Morgan fingerprint density at radius 2 is 1.95 bits per heavy atom. The van der Waals surface area contributed by atoms with E-state index in [0.717, 1.165) is 38.4 Å². The van der Waals surface area contributed by atoms with Gasteiger partial charge in [-0.05, 0) is 31.6 Å². The van der Waals surface area contributed by atoms with E-state index in [-0.39, 0.29) is 5.56 Å². The van der Waals surface area contributed by atoms with Crippen LogP contribution in [0.5, 0.6) is 0 Å². The Hall–Kier alpha value is -1.69. The molecule has 0 amide bonds.